The van der Waals surface area contributed by atoms with E-state index in [0.29, 0.717) is 18.2 Å². The maximum atomic E-state index is 11.7. The number of thioether (sulfide) groups is 1. The average Bonchev–Trinajstić information content (AvgIpc) is 2.89. The Morgan fingerprint density at radius 3 is 2.73 bits per heavy atom. The Morgan fingerprint density at radius 2 is 2.14 bits per heavy atom. The predicted octanol–water partition coefficient (Wildman–Crippen LogP) is 1.53. The molecule has 0 unspecified atom stereocenters. The van der Waals surface area contributed by atoms with Crippen molar-refractivity contribution in [3.8, 4) is 0 Å². The molecule has 1 aliphatic heterocycles. The van der Waals surface area contributed by atoms with Crippen LogP contribution in [-0.2, 0) is 11.3 Å². The van der Waals surface area contributed by atoms with E-state index in [2.05, 4.69) is 26.7 Å². The second-order valence-electron chi connectivity index (χ2n) is 5.34. The fourth-order valence-electron chi connectivity index (χ4n) is 2.35. The standard InChI is InChI=1S/C14H23N5OS.ClH/c1-4-9-19-13(11-5-7-15-8-6-11)16-17-14(19)21-10-12(20)18(2)3;/h4,11,15H,1,5-10H2,2-3H3;1H. The van der Waals surface area contributed by atoms with Gasteiger partial charge in [-0.05, 0) is 25.9 Å². The first-order chi connectivity index (χ1) is 10.1. The molecule has 0 spiro atoms. The Balaban J connectivity index is 0.00000242. The molecule has 1 aromatic rings. The van der Waals surface area contributed by atoms with E-state index in [1.807, 2.05) is 6.08 Å². The molecule has 1 saturated heterocycles. The fraction of sp³-hybridized carbons (Fsp3) is 0.643. The number of rotatable bonds is 6. The van der Waals surface area contributed by atoms with E-state index >= 15 is 0 Å². The van der Waals surface area contributed by atoms with E-state index in [-0.39, 0.29) is 18.3 Å². The van der Waals surface area contributed by atoms with Crippen LogP contribution in [0.5, 0.6) is 0 Å². The number of amides is 1. The van der Waals surface area contributed by atoms with Crippen molar-refractivity contribution < 1.29 is 4.79 Å². The SMILES string of the molecule is C=CCn1c(SCC(=O)N(C)C)nnc1C1CCNCC1.Cl. The van der Waals surface area contributed by atoms with Crippen molar-refractivity contribution >= 4 is 30.1 Å². The van der Waals surface area contributed by atoms with Crippen LogP contribution in [0, 0.1) is 0 Å². The van der Waals surface area contributed by atoms with E-state index in [4.69, 9.17) is 0 Å². The summed E-state index contributed by atoms with van der Waals surface area (Å²) in [5, 5.41) is 12.8. The van der Waals surface area contributed by atoms with Gasteiger partial charge < -0.3 is 14.8 Å². The summed E-state index contributed by atoms with van der Waals surface area (Å²) in [6, 6.07) is 0. The molecule has 22 heavy (non-hydrogen) atoms. The van der Waals surface area contributed by atoms with Crippen LogP contribution in [0.15, 0.2) is 17.8 Å². The summed E-state index contributed by atoms with van der Waals surface area (Å²) in [7, 11) is 3.52. The summed E-state index contributed by atoms with van der Waals surface area (Å²) in [6.07, 6.45) is 4.01. The van der Waals surface area contributed by atoms with Crippen LogP contribution in [0.2, 0.25) is 0 Å². The molecule has 0 aliphatic carbocycles. The highest BCUT2D eigenvalue weighted by Gasteiger charge is 2.23. The molecule has 0 radical (unpaired) electrons. The molecular weight excluding hydrogens is 322 g/mol. The normalized spacial score (nSPS) is 15.2. The number of nitrogens with zero attached hydrogens (tertiary/aromatic N) is 4. The maximum Gasteiger partial charge on any atom is 0.232 e. The number of piperidine rings is 1. The van der Waals surface area contributed by atoms with Gasteiger partial charge in [-0.2, -0.15) is 0 Å². The first-order valence-corrected chi connectivity index (χ1v) is 8.19. The Hall–Kier alpha value is -1.05. The fourth-order valence-corrected chi connectivity index (χ4v) is 3.28. The Labute approximate surface area is 142 Å². The second-order valence-corrected chi connectivity index (χ2v) is 6.28. The summed E-state index contributed by atoms with van der Waals surface area (Å²) in [5.74, 6) is 1.93. The molecule has 0 bridgehead atoms. The van der Waals surface area contributed by atoms with Crippen molar-refractivity contribution in [2.75, 3.05) is 32.9 Å². The van der Waals surface area contributed by atoms with Crippen LogP contribution in [0.4, 0.5) is 0 Å². The highest BCUT2D eigenvalue weighted by molar-refractivity contribution is 7.99. The molecule has 1 amide bonds. The third-order valence-electron chi connectivity index (χ3n) is 3.58. The largest absolute Gasteiger partial charge is 0.348 e. The minimum Gasteiger partial charge on any atom is -0.348 e. The molecule has 1 aliphatic rings. The third kappa shape index (κ3) is 4.72. The molecule has 1 fully saturated rings. The van der Waals surface area contributed by atoms with Crippen molar-refractivity contribution in [2.45, 2.75) is 30.5 Å². The lowest BCUT2D eigenvalue weighted by Gasteiger charge is -2.22. The zero-order chi connectivity index (χ0) is 15.2. The second kappa shape index (κ2) is 9.17. The highest BCUT2D eigenvalue weighted by Crippen LogP contribution is 2.27. The molecule has 2 rings (SSSR count). The molecule has 124 valence electrons. The quantitative estimate of drug-likeness (QED) is 0.626. The minimum absolute atomic E-state index is 0. The van der Waals surface area contributed by atoms with E-state index in [1.54, 1.807) is 19.0 Å². The number of hydrogen-bond donors (Lipinski definition) is 1. The molecule has 2 heterocycles. The molecular formula is C14H24ClN5OS. The number of carbonyl (C=O) groups excluding carboxylic acids is 1. The number of carbonyl (C=O) groups is 1. The first-order valence-electron chi connectivity index (χ1n) is 7.21. The van der Waals surface area contributed by atoms with Gasteiger partial charge in [0, 0.05) is 26.6 Å². The third-order valence-corrected chi connectivity index (χ3v) is 4.54. The van der Waals surface area contributed by atoms with Gasteiger partial charge in [-0.15, -0.1) is 29.2 Å². The average molecular weight is 346 g/mol. The Kier molecular flexibility index (Phi) is 7.92. The van der Waals surface area contributed by atoms with Gasteiger partial charge in [0.15, 0.2) is 5.16 Å². The van der Waals surface area contributed by atoms with Gasteiger partial charge in [0.2, 0.25) is 5.91 Å². The summed E-state index contributed by atoms with van der Waals surface area (Å²) in [4.78, 5) is 13.3. The number of allylic oxidation sites excluding steroid dienone is 1. The minimum atomic E-state index is 0. The number of nitrogens with one attached hydrogen (secondary N) is 1. The molecule has 0 saturated carbocycles. The van der Waals surface area contributed by atoms with Crippen molar-refractivity contribution in [3.63, 3.8) is 0 Å². The molecule has 0 atom stereocenters. The zero-order valence-electron chi connectivity index (χ0n) is 13.1. The van der Waals surface area contributed by atoms with Crippen LogP contribution in [0.1, 0.15) is 24.6 Å². The van der Waals surface area contributed by atoms with Crippen LogP contribution in [0.3, 0.4) is 0 Å². The Bertz CT molecular complexity index is 499. The van der Waals surface area contributed by atoms with Crippen LogP contribution in [-0.4, -0.2) is 58.5 Å². The van der Waals surface area contributed by atoms with Crippen LogP contribution < -0.4 is 5.32 Å². The van der Waals surface area contributed by atoms with Crippen LogP contribution >= 0.6 is 24.2 Å². The van der Waals surface area contributed by atoms with Gasteiger partial charge >= 0.3 is 0 Å². The van der Waals surface area contributed by atoms with Gasteiger partial charge in [-0.3, -0.25) is 4.79 Å². The van der Waals surface area contributed by atoms with Gasteiger partial charge in [0.25, 0.3) is 0 Å². The summed E-state index contributed by atoms with van der Waals surface area (Å²) in [5.41, 5.74) is 0. The van der Waals surface area contributed by atoms with Gasteiger partial charge in [-0.1, -0.05) is 17.8 Å². The first kappa shape index (κ1) is 19.0. The van der Waals surface area contributed by atoms with E-state index < -0.39 is 0 Å². The molecule has 8 heteroatoms. The van der Waals surface area contributed by atoms with Gasteiger partial charge in [0.1, 0.15) is 5.82 Å². The van der Waals surface area contributed by atoms with E-state index in [1.165, 1.54) is 11.8 Å². The highest BCUT2D eigenvalue weighted by atomic mass is 35.5. The molecule has 6 nitrogen and oxygen atoms in total. The monoisotopic (exact) mass is 345 g/mol. The van der Waals surface area contributed by atoms with Crippen molar-refractivity contribution in [3.05, 3.63) is 18.5 Å². The smallest absolute Gasteiger partial charge is 0.232 e. The van der Waals surface area contributed by atoms with Crippen molar-refractivity contribution in [2.24, 2.45) is 0 Å². The van der Waals surface area contributed by atoms with E-state index in [0.717, 1.165) is 36.9 Å². The summed E-state index contributed by atoms with van der Waals surface area (Å²) >= 11 is 1.44. The van der Waals surface area contributed by atoms with Crippen molar-refractivity contribution in [1.29, 1.82) is 0 Å². The summed E-state index contributed by atoms with van der Waals surface area (Å²) < 4.78 is 2.09. The topological polar surface area (TPSA) is 63.1 Å². The lowest BCUT2D eigenvalue weighted by Crippen LogP contribution is -2.28. The van der Waals surface area contributed by atoms with Gasteiger partial charge in [0.05, 0.1) is 5.75 Å². The van der Waals surface area contributed by atoms with Crippen molar-refractivity contribution in [1.82, 2.24) is 25.0 Å². The van der Waals surface area contributed by atoms with Crippen LogP contribution in [0.25, 0.3) is 0 Å². The Morgan fingerprint density at radius 1 is 1.45 bits per heavy atom. The lowest BCUT2D eigenvalue weighted by atomic mass is 9.97. The molecule has 1 aromatic heterocycles. The number of halogens is 1. The van der Waals surface area contributed by atoms with Gasteiger partial charge in [-0.25, -0.2) is 0 Å². The summed E-state index contributed by atoms with van der Waals surface area (Å²) in [6.45, 7) is 6.54. The lowest BCUT2D eigenvalue weighted by molar-refractivity contribution is -0.125. The maximum absolute atomic E-state index is 11.7. The number of aromatic nitrogens is 3. The zero-order valence-corrected chi connectivity index (χ0v) is 14.8. The van der Waals surface area contributed by atoms with E-state index in [9.17, 15) is 4.79 Å². The molecule has 1 N–H and O–H groups in total. The number of hydrogen-bond acceptors (Lipinski definition) is 5. The predicted molar refractivity (Wildman–Crippen MR) is 91.7 cm³/mol. The molecule has 0 aromatic carbocycles.